The third kappa shape index (κ3) is 6.79. The molecular formula is C29H28N4O4. The lowest BCUT2D eigenvalue weighted by atomic mass is 10.1. The molecule has 4 aromatic carbocycles. The summed E-state index contributed by atoms with van der Waals surface area (Å²) in [5, 5.41) is 8.42. The Balaban J connectivity index is 1.37. The zero-order chi connectivity index (χ0) is 26.2. The van der Waals surface area contributed by atoms with Gasteiger partial charge < -0.3 is 30.3 Å². The molecule has 0 unspecified atom stereocenters. The maximum atomic E-state index is 12.9. The van der Waals surface area contributed by atoms with Crippen molar-refractivity contribution in [3.63, 3.8) is 0 Å². The molecule has 0 fully saturated rings. The van der Waals surface area contributed by atoms with Crippen LogP contribution in [0.25, 0.3) is 0 Å². The highest BCUT2D eigenvalue weighted by Gasteiger charge is 2.15. The highest BCUT2D eigenvalue weighted by molar-refractivity contribution is 6.07. The molecule has 37 heavy (non-hydrogen) atoms. The summed E-state index contributed by atoms with van der Waals surface area (Å²) in [5.41, 5.74) is 3.05. The van der Waals surface area contributed by atoms with E-state index in [2.05, 4.69) is 16.0 Å². The van der Waals surface area contributed by atoms with Gasteiger partial charge in [-0.3, -0.25) is 4.79 Å². The fourth-order valence-electron chi connectivity index (χ4n) is 3.54. The number of anilines is 4. The van der Waals surface area contributed by atoms with Gasteiger partial charge in [-0.1, -0.05) is 24.3 Å². The van der Waals surface area contributed by atoms with Crippen LogP contribution in [0.15, 0.2) is 97.1 Å². The van der Waals surface area contributed by atoms with Gasteiger partial charge in [0.25, 0.3) is 5.91 Å². The molecule has 0 aromatic heterocycles. The van der Waals surface area contributed by atoms with Crippen molar-refractivity contribution in [2.24, 2.45) is 0 Å². The molecule has 0 aliphatic heterocycles. The number of urea groups is 1. The van der Waals surface area contributed by atoms with Crippen LogP contribution in [-0.2, 0) is 0 Å². The number of hydrogen-bond acceptors (Lipinski definition) is 5. The number of nitrogens with zero attached hydrogens (tertiary/aromatic N) is 1. The highest BCUT2D eigenvalue weighted by atomic mass is 16.5. The number of ether oxygens (including phenoxy) is 2. The maximum Gasteiger partial charge on any atom is 0.323 e. The molecule has 4 rings (SSSR count). The van der Waals surface area contributed by atoms with Gasteiger partial charge >= 0.3 is 6.03 Å². The van der Waals surface area contributed by atoms with Crippen molar-refractivity contribution in [1.82, 2.24) is 0 Å². The Morgan fingerprint density at radius 3 is 2.03 bits per heavy atom. The highest BCUT2D eigenvalue weighted by Crippen LogP contribution is 2.26. The minimum atomic E-state index is -0.434. The lowest BCUT2D eigenvalue weighted by molar-refractivity contribution is 0.102. The van der Waals surface area contributed by atoms with Gasteiger partial charge in [0.15, 0.2) is 0 Å². The van der Waals surface area contributed by atoms with E-state index in [1.807, 2.05) is 73.6 Å². The molecule has 0 aliphatic rings. The lowest BCUT2D eigenvalue weighted by Crippen LogP contribution is -2.20. The first-order valence-electron chi connectivity index (χ1n) is 11.6. The Labute approximate surface area is 215 Å². The van der Waals surface area contributed by atoms with Gasteiger partial charge in [0, 0.05) is 42.9 Å². The molecular weight excluding hydrogens is 468 g/mol. The monoisotopic (exact) mass is 496 g/mol. The molecule has 8 heteroatoms. The smallest absolute Gasteiger partial charge is 0.323 e. The molecule has 0 spiro atoms. The Morgan fingerprint density at radius 1 is 0.676 bits per heavy atom. The number of rotatable bonds is 8. The van der Waals surface area contributed by atoms with Crippen molar-refractivity contribution in [2.75, 3.05) is 42.1 Å². The third-order valence-electron chi connectivity index (χ3n) is 5.42. The summed E-state index contributed by atoms with van der Waals surface area (Å²) >= 11 is 0. The quantitative estimate of drug-likeness (QED) is 0.261. The maximum absolute atomic E-state index is 12.9. The van der Waals surface area contributed by atoms with Crippen LogP contribution in [0.3, 0.4) is 0 Å². The largest absolute Gasteiger partial charge is 0.496 e. The Morgan fingerprint density at radius 2 is 1.32 bits per heavy atom. The lowest BCUT2D eigenvalue weighted by Gasteiger charge is -2.15. The molecule has 0 bridgehead atoms. The van der Waals surface area contributed by atoms with Crippen LogP contribution in [0, 0.1) is 0 Å². The Bertz CT molecular complexity index is 1370. The van der Waals surface area contributed by atoms with Crippen molar-refractivity contribution in [2.45, 2.75) is 0 Å². The van der Waals surface area contributed by atoms with Gasteiger partial charge in [-0.05, 0) is 66.7 Å². The molecule has 0 saturated heterocycles. The van der Waals surface area contributed by atoms with Crippen molar-refractivity contribution < 1.29 is 19.1 Å². The van der Waals surface area contributed by atoms with Gasteiger partial charge in [0.1, 0.15) is 17.2 Å². The summed E-state index contributed by atoms with van der Waals surface area (Å²) in [6.45, 7) is 0. The molecule has 4 aromatic rings. The molecule has 3 amide bonds. The molecule has 0 aliphatic carbocycles. The Kier molecular flexibility index (Phi) is 7.90. The van der Waals surface area contributed by atoms with E-state index in [9.17, 15) is 9.59 Å². The third-order valence-corrected chi connectivity index (χ3v) is 5.42. The van der Waals surface area contributed by atoms with Gasteiger partial charge in [-0.2, -0.15) is 0 Å². The first-order valence-corrected chi connectivity index (χ1v) is 11.6. The first-order chi connectivity index (χ1) is 17.9. The molecule has 0 radical (unpaired) electrons. The zero-order valence-corrected chi connectivity index (χ0v) is 20.8. The summed E-state index contributed by atoms with van der Waals surface area (Å²) in [7, 11) is 5.34. The van der Waals surface area contributed by atoms with E-state index in [0.717, 1.165) is 11.4 Å². The molecule has 3 N–H and O–H groups in total. The van der Waals surface area contributed by atoms with Crippen LogP contribution in [0.1, 0.15) is 10.4 Å². The summed E-state index contributed by atoms with van der Waals surface area (Å²) < 4.78 is 11.2. The van der Waals surface area contributed by atoms with E-state index in [4.69, 9.17) is 9.47 Å². The number of para-hydroxylation sites is 1. The number of amides is 3. The number of methoxy groups -OCH3 is 1. The minimum Gasteiger partial charge on any atom is -0.496 e. The van der Waals surface area contributed by atoms with Crippen LogP contribution in [-0.4, -0.2) is 33.1 Å². The second-order valence-electron chi connectivity index (χ2n) is 8.33. The number of carbonyl (C=O) groups excluding carboxylic acids is 2. The zero-order valence-electron chi connectivity index (χ0n) is 20.8. The van der Waals surface area contributed by atoms with Crippen LogP contribution < -0.4 is 30.3 Å². The summed E-state index contributed by atoms with van der Waals surface area (Å²) in [6.07, 6.45) is 0. The van der Waals surface area contributed by atoms with E-state index in [-0.39, 0.29) is 5.91 Å². The summed E-state index contributed by atoms with van der Waals surface area (Å²) in [4.78, 5) is 27.4. The normalized spacial score (nSPS) is 10.2. The standard InChI is InChI=1S/C29H28N4O4/c1-33(2)23-9-7-8-21(18-23)30-28(34)26-17-14-22(19-27(26)36-3)32-29(35)31-20-12-15-25(16-13-20)37-24-10-5-4-6-11-24/h4-19H,1-3H3,(H,30,34)(H2,31,32,35). The molecule has 8 nitrogen and oxygen atoms in total. The van der Waals surface area contributed by atoms with Crippen LogP contribution in [0.2, 0.25) is 0 Å². The fraction of sp³-hybridized carbons (Fsp3) is 0.103. The van der Waals surface area contributed by atoms with Crippen molar-refractivity contribution in [1.29, 1.82) is 0 Å². The minimum absolute atomic E-state index is 0.318. The van der Waals surface area contributed by atoms with Gasteiger partial charge in [-0.25, -0.2) is 4.79 Å². The van der Waals surface area contributed by atoms with Gasteiger partial charge in [0.2, 0.25) is 0 Å². The number of carbonyl (C=O) groups is 2. The first kappa shape index (κ1) is 25.1. The van der Waals surface area contributed by atoms with E-state index in [0.29, 0.717) is 34.1 Å². The predicted octanol–water partition coefficient (Wildman–Crippen LogP) is 6.45. The number of hydrogen-bond donors (Lipinski definition) is 3. The average molecular weight is 497 g/mol. The number of nitrogens with one attached hydrogen (secondary N) is 3. The topological polar surface area (TPSA) is 91.9 Å². The van der Waals surface area contributed by atoms with Crippen LogP contribution >= 0.6 is 0 Å². The van der Waals surface area contributed by atoms with Crippen LogP contribution in [0.4, 0.5) is 27.5 Å². The predicted molar refractivity (Wildman–Crippen MR) is 147 cm³/mol. The van der Waals surface area contributed by atoms with Crippen LogP contribution in [0.5, 0.6) is 17.2 Å². The van der Waals surface area contributed by atoms with E-state index < -0.39 is 6.03 Å². The second kappa shape index (κ2) is 11.6. The Hall–Kier alpha value is -4.98. The van der Waals surface area contributed by atoms with Crippen molar-refractivity contribution >= 4 is 34.7 Å². The second-order valence-corrected chi connectivity index (χ2v) is 8.33. The fourth-order valence-corrected chi connectivity index (χ4v) is 3.54. The van der Waals surface area contributed by atoms with Crippen molar-refractivity contribution in [3.8, 4) is 17.2 Å². The summed E-state index contributed by atoms with van der Waals surface area (Å²) in [5.74, 6) is 1.40. The molecule has 0 atom stereocenters. The van der Waals surface area contributed by atoms with Gasteiger partial charge in [-0.15, -0.1) is 0 Å². The molecule has 188 valence electrons. The van der Waals surface area contributed by atoms with E-state index in [1.54, 1.807) is 42.5 Å². The van der Waals surface area contributed by atoms with Crippen molar-refractivity contribution in [3.05, 3.63) is 103 Å². The van der Waals surface area contributed by atoms with Gasteiger partial charge in [0.05, 0.1) is 12.7 Å². The summed E-state index contributed by atoms with van der Waals surface area (Å²) in [6, 6.07) is 28.4. The SMILES string of the molecule is COc1cc(NC(=O)Nc2ccc(Oc3ccccc3)cc2)ccc1C(=O)Nc1cccc(N(C)C)c1. The van der Waals surface area contributed by atoms with E-state index in [1.165, 1.54) is 7.11 Å². The molecule has 0 heterocycles. The molecule has 0 saturated carbocycles. The number of benzene rings is 4. The van der Waals surface area contributed by atoms with E-state index >= 15 is 0 Å². The average Bonchev–Trinajstić information content (AvgIpc) is 2.90.